The number of hydrogen-bond acceptors (Lipinski definition) is 3. The first-order valence-electron chi connectivity index (χ1n) is 4.94. The van der Waals surface area contributed by atoms with Gasteiger partial charge in [-0.3, -0.25) is 9.68 Å². The van der Waals surface area contributed by atoms with E-state index in [0.717, 1.165) is 12.8 Å². The van der Waals surface area contributed by atoms with Gasteiger partial charge >= 0.3 is 0 Å². The van der Waals surface area contributed by atoms with Crippen molar-refractivity contribution in [1.29, 1.82) is 0 Å². The highest BCUT2D eigenvalue weighted by molar-refractivity contribution is 4.64. The summed E-state index contributed by atoms with van der Waals surface area (Å²) >= 11 is 0. The average Bonchev–Trinajstić information content (AvgIpc) is 2.04. The third-order valence-electron chi connectivity index (χ3n) is 2.34. The molecule has 0 aromatic carbocycles. The predicted octanol–water partition coefficient (Wildman–Crippen LogP) is 2.82. The van der Waals surface area contributed by atoms with Crippen molar-refractivity contribution < 1.29 is 9.68 Å². The van der Waals surface area contributed by atoms with Crippen LogP contribution in [0.5, 0.6) is 0 Å². The van der Waals surface area contributed by atoms with E-state index >= 15 is 0 Å². The van der Waals surface area contributed by atoms with Gasteiger partial charge in [-0.25, -0.2) is 0 Å². The molecule has 0 saturated carbocycles. The molecule has 0 unspecified atom stereocenters. The third-order valence-corrected chi connectivity index (χ3v) is 2.34. The maximum atomic E-state index is 5.34. The van der Waals surface area contributed by atoms with Gasteiger partial charge in [0.25, 0.3) is 0 Å². The highest BCUT2D eigenvalue weighted by atomic mass is 16.9. The van der Waals surface area contributed by atoms with Crippen molar-refractivity contribution in [2.75, 3.05) is 0 Å². The molecule has 3 nitrogen and oxygen atoms in total. The van der Waals surface area contributed by atoms with E-state index in [1.54, 1.807) is 0 Å². The predicted molar refractivity (Wildman–Crippen MR) is 54.0 cm³/mol. The molecule has 0 aliphatic carbocycles. The first-order valence-corrected chi connectivity index (χ1v) is 4.94. The highest BCUT2D eigenvalue weighted by Crippen LogP contribution is 2.14. The highest BCUT2D eigenvalue weighted by Gasteiger charge is 2.20. The van der Waals surface area contributed by atoms with Crippen molar-refractivity contribution in [3.63, 3.8) is 0 Å². The Kier molecular flexibility index (Phi) is 4.89. The van der Waals surface area contributed by atoms with Gasteiger partial charge in [0.15, 0.2) is 0 Å². The Morgan fingerprint density at radius 3 is 1.38 bits per heavy atom. The summed E-state index contributed by atoms with van der Waals surface area (Å²) in [6.07, 6.45) is 1.88. The Bertz CT molecular complexity index is 128. The van der Waals surface area contributed by atoms with Gasteiger partial charge in [-0.05, 0) is 40.5 Å². The van der Waals surface area contributed by atoms with E-state index in [4.69, 9.17) is 9.68 Å². The Labute approximate surface area is 81.7 Å². The molecule has 0 fully saturated rings. The Morgan fingerprint density at radius 1 is 0.846 bits per heavy atom. The molecular weight excluding hydrogens is 166 g/mol. The van der Waals surface area contributed by atoms with Gasteiger partial charge in [0.2, 0.25) is 0 Å². The molecule has 1 N–H and O–H groups in total. The summed E-state index contributed by atoms with van der Waals surface area (Å²) in [5, 5.41) is 0. The minimum atomic E-state index is -0.177. The lowest BCUT2D eigenvalue weighted by molar-refractivity contribution is -0.269. The summed E-state index contributed by atoms with van der Waals surface area (Å²) in [5.74, 6) is 0. The minimum absolute atomic E-state index is 0.177. The summed E-state index contributed by atoms with van der Waals surface area (Å²) in [4.78, 5) is 10.7. The minimum Gasteiger partial charge on any atom is -0.271 e. The van der Waals surface area contributed by atoms with Crippen LogP contribution in [0.1, 0.15) is 54.4 Å². The van der Waals surface area contributed by atoms with Crippen LogP contribution in [-0.2, 0) is 9.68 Å². The summed E-state index contributed by atoms with van der Waals surface area (Å²) in [7, 11) is 0. The molecule has 0 radical (unpaired) electrons. The maximum Gasteiger partial charge on any atom is 0.0865 e. The lowest BCUT2D eigenvalue weighted by atomic mass is 10.1. The van der Waals surface area contributed by atoms with Gasteiger partial charge < -0.3 is 0 Å². The molecular formula is C10H23NO2. The van der Waals surface area contributed by atoms with E-state index in [9.17, 15) is 0 Å². The van der Waals surface area contributed by atoms with Crippen molar-refractivity contribution in [1.82, 2.24) is 5.64 Å². The average molecular weight is 189 g/mol. The lowest BCUT2D eigenvalue weighted by Gasteiger charge is -2.27. The van der Waals surface area contributed by atoms with Crippen LogP contribution in [-0.4, -0.2) is 11.2 Å². The van der Waals surface area contributed by atoms with Gasteiger partial charge in [-0.2, -0.15) is 0 Å². The molecule has 0 atom stereocenters. The Balaban J connectivity index is 3.68. The van der Waals surface area contributed by atoms with Gasteiger partial charge in [0.05, 0.1) is 11.2 Å². The standard InChI is InChI=1S/C10H23NO2/c1-7-9(3,4)12-11-13-10(5,6)8-2/h11H,7-8H2,1-6H3. The van der Waals surface area contributed by atoms with Crippen LogP contribution in [0.2, 0.25) is 0 Å². The van der Waals surface area contributed by atoms with E-state index in [1.807, 2.05) is 27.7 Å². The summed E-state index contributed by atoms with van der Waals surface area (Å²) in [5.41, 5.74) is 2.21. The number of hydrogen-bond donors (Lipinski definition) is 1. The van der Waals surface area contributed by atoms with E-state index < -0.39 is 0 Å². The molecule has 0 aliphatic heterocycles. The van der Waals surface area contributed by atoms with Crippen molar-refractivity contribution in [3.8, 4) is 0 Å². The normalized spacial score (nSPS) is 13.4. The monoisotopic (exact) mass is 189 g/mol. The molecule has 0 saturated heterocycles. The molecule has 0 aromatic heterocycles. The van der Waals surface area contributed by atoms with Crippen LogP contribution in [0.15, 0.2) is 0 Å². The number of rotatable bonds is 6. The second kappa shape index (κ2) is 4.94. The van der Waals surface area contributed by atoms with E-state index in [-0.39, 0.29) is 11.2 Å². The van der Waals surface area contributed by atoms with Gasteiger partial charge in [0.1, 0.15) is 0 Å². The molecule has 0 amide bonds. The second-order valence-corrected chi connectivity index (χ2v) is 4.51. The quantitative estimate of drug-likeness (QED) is 0.652. The fourth-order valence-electron chi connectivity index (χ4n) is 0.391. The topological polar surface area (TPSA) is 30.5 Å². The zero-order valence-corrected chi connectivity index (χ0v) is 9.73. The molecule has 0 heterocycles. The Hall–Kier alpha value is -0.120. The number of nitrogens with one attached hydrogen (secondary N) is 1. The van der Waals surface area contributed by atoms with Crippen molar-refractivity contribution in [2.24, 2.45) is 0 Å². The van der Waals surface area contributed by atoms with E-state index in [2.05, 4.69) is 19.5 Å². The maximum absolute atomic E-state index is 5.34. The van der Waals surface area contributed by atoms with Crippen LogP contribution >= 0.6 is 0 Å². The fraction of sp³-hybridized carbons (Fsp3) is 1.00. The third kappa shape index (κ3) is 6.02. The lowest BCUT2D eigenvalue weighted by Crippen LogP contribution is -2.37. The van der Waals surface area contributed by atoms with Crippen molar-refractivity contribution in [2.45, 2.75) is 65.6 Å². The second-order valence-electron chi connectivity index (χ2n) is 4.51. The van der Waals surface area contributed by atoms with Crippen LogP contribution in [0.3, 0.4) is 0 Å². The van der Waals surface area contributed by atoms with Gasteiger partial charge in [-0.1, -0.05) is 19.5 Å². The van der Waals surface area contributed by atoms with E-state index in [1.165, 1.54) is 0 Å². The van der Waals surface area contributed by atoms with E-state index in [0.29, 0.717) is 0 Å². The molecule has 3 heteroatoms. The van der Waals surface area contributed by atoms with Crippen LogP contribution in [0.4, 0.5) is 0 Å². The molecule has 0 rings (SSSR count). The summed E-state index contributed by atoms with van der Waals surface area (Å²) in [6, 6.07) is 0. The largest absolute Gasteiger partial charge is 0.271 e. The van der Waals surface area contributed by atoms with Crippen LogP contribution in [0, 0.1) is 0 Å². The summed E-state index contributed by atoms with van der Waals surface area (Å²) in [6.45, 7) is 12.2. The fourth-order valence-corrected chi connectivity index (χ4v) is 0.391. The molecule has 0 spiro atoms. The van der Waals surface area contributed by atoms with Crippen molar-refractivity contribution >= 4 is 0 Å². The van der Waals surface area contributed by atoms with Gasteiger partial charge in [-0.15, -0.1) is 0 Å². The Morgan fingerprint density at radius 2 is 1.15 bits per heavy atom. The molecule has 0 aliphatic rings. The summed E-state index contributed by atoms with van der Waals surface area (Å²) < 4.78 is 0. The molecule has 0 bridgehead atoms. The van der Waals surface area contributed by atoms with Crippen LogP contribution < -0.4 is 5.64 Å². The first kappa shape index (κ1) is 12.9. The molecule has 0 aromatic rings. The smallest absolute Gasteiger partial charge is 0.0865 e. The first-order chi connectivity index (χ1) is 5.83. The van der Waals surface area contributed by atoms with Crippen molar-refractivity contribution in [3.05, 3.63) is 0 Å². The molecule has 80 valence electrons. The zero-order valence-electron chi connectivity index (χ0n) is 9.73. The van der Waals surface area contributed by atoms with Crippen LogP contribution in [0.25, 0.3) is 0 Å². The van der Waals surface area contributed by atoms with Gasteiger partial charge in [0, 0.05) is 0 Å². The SMILES string of the molecule is CCC(C)(C)ONOC(C)(C)CC. The molecule has 13 heavy (non-hydrogen) atoms. The zero-order chi connectivity index (χ0) is 10.5.